The number of hydrogen-bond donors (Lipinski definition) is 1. The lowest BCUT2D eigenvalue weighted by atomic mass is 10.1. The maximum atomic E-state index is 13.4. The van der Waals surface area contributed by atoms with Crippen LogP contribution in [0.5, 0.6) is 11.5 Å². The van der Waals surface area contributed by atoms with Gasteiger partial charge in [-0.25, -0.2) is 9.38 Å². The van der Waals surface area contributed by atoms with E-state index in [0.717, 1.165) is 11.3 Å². The number of amidine groups is 1. The summed E-state index contributed by atoms with van der Waals surface area (Å²) in [5.41, 5.74) is 2.14. The fourth-order valence-corrected chi connectivity index (χ4v) is 4.74. The van der Waals surface area contributed by atoms with Crippen LogP contribution in [0.4, 0.5) is 15.8 Å². The number of thioether (sulfide) groups is 1. The molecule has 1 saturated heterocycles. The van der Waals surface area contributed by atoms with E-state index in [1.165, 1.54) is 36.0 Å². The standard InChI is InChI=1S/C27H26FN3O4S/c1-34-22-11-3-18(4-12-22)15-16-31-25(32)17-24(26(33)29-20-9-13-23(35-2)14-10-20)36-27(31)30-21-7-5-19(28)6-8-21/h3-14,24H,15-17H2,1-2H3,(H,29,33). The van der Waals surface area contributed by atoms with Gasteiger partial charge in [0.1, 0.15) is 22.6 Å². The second-order valence-corrected chi connectivity index (χ2v) is 9.21. The first-order valence-corrected chi connectivity index (χ1v) is 12.2. The summed E-state index contributed by atoms with van der Waals surface area (Å²) in [5, 5.41) is 2.60. The number of aliphatic imine (C=N–C) groups is 1. The average Bonchev–Trinajstić information content (AvgIpc) is 2.90. The molecule has 1 aliphatic rings. The van der Waals surface area contributed by atoms with E-state index in [2.05, 4.69) is 10.3 Å². The van der Waals surface area contributed by atoms with Crippen molar-refractivity contribution in [3.8, 4) is 11.5 Å². The molecule has 9 heteroatoms. The van der Waals surface area contributed by atoms with Gasteiger partial charge in [-0.3, -0.25) is 14.5 Å². The Morgan fingerprint density at radius 3 is 2.22 bits per heavy atom. The molecule has 1 aliphatic heterocycles. The molecule has 1 atom stereocenters. The van der Waals surface area contributed by atoms with Crippen molar-refractivity contribution in [1.82, 2.24) is 4.90 Å². The molecular weight excluding hydrogens is 481 g/mol. The normalized spacial score (nSPS) is 16.6. The van der Waals surface area contributed by atoms with Crippen molar-refractivity contribution in [1.29, 1.82) is 0 Å². The predicted octanol–water partition coefficient (Wildman–Crippen LogP) is 5.05. The fourth-order valence-electron chi connectivity index (χ4n) is 3.62. The first kappa shape index (κ1) is 25.2. The van der Waals surface area contributed by atoms with Crippen LogP contribution in [-0.2, 0) is 16.0 Å². The molecule has 0 spiro atoms. The molecule has 0 radical (unpaired) electrons. The van der Waals surface area contributed by atoms with E-state index < -0.39 is 5.25 Å². The lowest BCUT2D eigenvalue weighted by molar-refractivity contribution is -0.129. The van der Waals surface area contributed by atoms with E-state index in [0.29, 0.717) is 35.3 Å². The summed E-state index contributed by atoms with van der Waals surface area (Å²) < 4.78 is 23.8. The molecule has 2 amide bonds. The van der Waals surface area contributed by atoms with E-state index in [-0.39, 0.29) is 24.1 Å². The van der Waals surface area contributed by atoms with Gasteiger partial charge in [-0.15, -0.1) is 0 Å². The monoisotopic (exact) mass is 507 g/mol. The molecule has 0 saturated carbocycles. The Morgan fingerprint density at radius 1 is 1.00 bits per heavy atom. The Hall–Kier alpha value is -3.85. The molecule has 4 rings (SSSR count). The molecule has 1 heterocycles. The number of hydrogen-bond acceptors (Lipinski definition) is 6. The first-order valence-electron chi connectivity index (χ1n) is 11.3. The van der Waals surface area contributed by atoms with E-state index >= 15 is 0 Å². The maximum absolute atomic E-state index is 13.4. The summed E-state index contributed by atoms with van der Waals surface area (Å²) in [6.45, 7) is 0.394. The number of methoxy groups -OCH3 is 2. The van der Waals surface area contributed by atoms with Gasteiger partial charge in [0.25, 0.3) is 0 Å². The van der Waals surface area contributed by atoms with Crippen molar-refractivity contribution in [2.75, 3.05) is 26.1 Å². The minimum Gasteiger partial charge on any atom is -0.497 e. The van der Waals surface area contributed by atoms with Gasteiger partial charge in [0.05, 0.1) is 19.9 Å². The highest BCUT2D eigenvalue weighted by atomic mass is 32.2. The van der Waals surface area contributed by atoms with Crippen LogP contribution in [0.1, 0.15) is 12.0 Å². The Balaban J connectivity index is 1.52. The highest BCUT2D eigenvalue weighted by Gasteiger charge is 2.35. The van der Waals surface area contributed by atoms with Gasteiger partial charge in [0, 0.05) is 18.7 Å². The number of nitrogens with one attached hydrogen (secondary N) is 1. The molecule has 1 N–H and O–H groups in total. The van der Waals surface area contributed by atoms with E-state index in [1.807, 2.05) is 24.3 Å². The second-order valence-electron chi connectivity index (χ2n) is 8.04. The van der Waals surface area contributed by atoms with Crippen molar-refractivity contribution in [3.63, 3.8) is 0 Å². The van der Waals surface area contributed by atoms with Gasteiger partial charge in [-0.05, 0) is 72.6 Å². The molecule has 1 unspecified atom stereocenters. The van der Waals surface area contributed by atoms with E-state index in [4.69, 9.17) is 9.47 Å². The lowest BCUT2D eigenvalue weighted by Crippen LogP contribution is -2.46. The van der Waals surface area contributed by atoms with Crippen LogP contribution in [0.2, 0.25) is 0 Å². The Morgan fingerprint density at radius 2 is 1.61 bits per heavy atom. The smallest absolute Gasteiger partial charge is 0.238 e. The van der Waals surface area contributed by atoms with Gasteiger partial charge in [-0.2, -0.15) is 0 Å². The summed E-state index contributed by atoms with van der Waals surface area (Å²) in [4.78, 5) is 32.4. The molecule has 1 fully saturated rings. The zero-order valence-corrected chi connectivity index (χ0v) is 20.8. The highest BCUT2D eigenvalue weighted by molar-refractivity contribution is 8.15. The van der Waals surface area contributed by atoms with Crippen LogP contribution >= 0.6 is 11.8 Å². The van der Waals surface area contributed by atoms with E-state index in [1.54, 1.807) is 43.4 Å². The van der Waals surface area contributed by atoms with Gasteiger partial charge >= 0.3 is 0 Å². The highest BCUT2D eigenvalue weighted by Crippen LogP contribution is 2.30. The second kappa shape index (κ2) is 11.7. The number of benzene rings is 3. The quantitative estimate of drug-likeness (QED) is 0.462. The molecule has 186 valence electrons. The number of rotatable bonds is 8. The van der Waals surface area contributed by atoms with Crippen LogP contribution in [0.3, 0.4) is 0 Å². The van der Waals surface area contributed by atoms with Crippen LogP contribution in [-0.4, -0.2) is 47.9 Å². The molecule has 0 aromatic heterocycles. The lowest BCUT2D eigenvalue weighted by Gasteiger charge is -2.32. The number of anilines is 1. The predicted molar refractivity (Wildman–Crippen MR) is 140 cm³/mol. The van der Waals surface area contributed by atoms with Gasteiger partial charge in [0.2, 0.25) is 11.8 Å². The fraction of sp³-hybridized carbons (Fsp3) is 0.222. The summed E-state index contributed by atoms with van der Waals surface area (Å²) >= 11 is 1.22. The van der Waals surface area contributed by atoms with Crippen molar-refractivity contribution in [2.45, 2.75) is 18.1 Å². The Bertz CT molecular complexity index is 1230. The first-order chi connectivity index (χ1) is 17.4. The SMILES string of the molecule is COc1ccc(CCN2C(=O)CC(C(=O)Nc3ccc(OC)cc3)SC2=Nc2ccc(F)cc2)cc1. The largest absolute Gasteiger partial charge is 0.497 e. The van der Waals surface area contributed by atoms with E-state index in [9.17, 15) is 14.0 Å². The molecule has 36 heavy (non-hydrogen) atoms. The summed E-state index contributed by atoms with van der Waals surface area (Å²) in [5.74, 6) is 0.571. The van der Waals surface area contributed by atoms with Crippen LogP contribution in [0.15, 0.2) is 77.8 Å². The molecule has 3 aromatic carbocycles. The topological polar surface area (TPSA) is 80.2 Å². The van der Waals surface area contributed by atoms with Gasteiger partial charge < -0.3 is 14.8 Å². The van der Waals surface area contributed by atoms with Gasteiger partial charge in [0.15, 0.2) is 5.17 Å². The minimum atomic E-state index is -0.656. The van der Waals surface area contributed by atoms with Crippen LogP contribution < -0.4 is 14.8 Å². The number of amides is 2. The van der Waals surface area contributed by atoms with Crippen LogP contribution in [0, 0.1) is 5.82 Å². The zero-order chi connectivity index (χ0) is 25.5. The number of carbonyl (C=O) groups is 2. The number of ether oxygens (including phenoxy) is 2. The number of carbonyl (C=O) groups excluding carboxylic acids is 2. The summed E-state index contributed by atoms with van der Waals surface area (Å²) in [6, 6.07) is 20.3. The molecular formula is C27H26FN3O4S. The summed E-state index contributed by atoms with van der Waals surface area (Å²) in [6.07, 6.45) is 0.638. The third-order valence-corrected chi connectivity index (χ3v) is 6.81. The zero-order valence-electron chi connectivity index (χ0n) is 19.9. The molecule has 3 aromatic rings. The van der Waals surface area contributed by atoms with Gasteiger partial charge in [-0.1, -0.05) is 23.9 Å². The molecule has 0 aliphatic carbocycles. The van der Waals surface area contributed by atoms with Crippen molar-refractivity contribution in [3.05, 3.63) is 84.2 Å². The Kier molecular flexibility index (Phi) is 8.22. The molecule has 7 nitrogen and oxygen atoms in total. The summed E-state index contributed by atoms with van der Waals surface area (Å²) in [7, 11) is 3.18. The van der Waals surface area contributed by atoms with Crippen molar-refractivity contribution < 1.29 is 23.5 Å². The maximum Gasteiger partial charge on any atom is 0.238 e. The van der Waals surface area contributed by atoms with Crippen molar-refractivity contribution >= 4 is 40.1 Å². The minimum absolute atomic E-state index is 0.0394. The molecule has 0 bridgehead atoms. The third kappa shape index (κ3) is 6.42. The van der Waals surface area contributed by atoms with Crippen LogP contribution in [0.25, 0.3) is 0 Å². The van der Waals surface area contributed by atoms with Crippen molar-refractivity contribution in [2.24, 2.45) is 4.99 Å². The third-order valence-electron chi connectivity index (χ3n) is 5.62. The average molecular weight is 508 g/mol. The number of nitrogens with zero attached hydrogens (tertiary/aromatic N) is 2. The number of halogens is 1. The Labute approximate surface area is 213 Å².